The minimum Gasteiger partial charge on any atom is -0.323 e. The van der Waals surface area contributed by atoms with Gasteiger partial charge >= 0.3 is 6.03 Å². The SMILES string of the molecule is O=C(N=c1sccn1-c1ccc(-c2ccc(F)cc2)cc1)N1CCCC1. The highest BCUT2D eigenvalue weighted by Crippen LogP contribution is 2.21. The number of aromatic nitrogens is 1. The molecule has 26 heavy (non-hydrogen) atoms. The van der Waals surface area contributed by atoms with E-state index in [4.69, 9.17) is 0 Å². The highest BCUT2D eigenvalue weighted by Gasteiger charge is 2.17. The number of likely N-dealkylation sites (tertiary alicyclic amines) is 1. The Morgan fingerprint density at radius 2 is 1.58 bits per heavy atom. The Morgan fingerprint density at radius 1 is 0.962 bits per heavy atom. The van der Waals surface area contributed by atoms with Gasteiger partial charge in [0.05, 0.1) is 0 Å². The van der Waals surface area contributed by atoms with E-state index < -0.39 is 0 Å². The first-order chi connectivity index (χ1) is 12.7. The Bertz CT molecular complexity index is 967. The number of rotatable bonds is 2. The van der Waals surface area contributed by atoms with E-state index in [1.807, 2.05) is 40.4 Å². The van der Waals surface area contributed by atoms with Crippen molar-refractivity contribution in [2.75, 3.05) is 13.1 Å². The van der Waals surface area contributed by atoms with Gasteiger partial charge in [0.15, 0.2) is 4.80 Å². The summed E-state index contributed by atoms with van der Waals surface area (Å²) in [6, 6.07) is 14.2. The molecule has 2 aromatic carbocycles. The van der Waals surface area contributed by atoms with E-state index in [1.54, 1.807) is 17.0 Å². The van der Waals surface area contributed by atoms with E-state index in [9.17, 15) is 9.18 Å². The molecule has 4 nitrogen and oxygen atoms in total. The number of carbonyl (C=O) groups excluding carboxylic acids is 1. The summed E-state index contributed by atoms with van der Waals surface area (Å²) in [5.74, 6) is -0.242. The highest BCUT2D eigenvalue weighted by molar-refractivity contribution is 7.07. The molecule has 0 atom stereocenters. The smallest absolute Gasteiger partial charge is 0.323 e. The van der Waals surface area contributed by atoms with Gasteiger partial charge in [0.1, 0.15) is 5.82 Å². The number of carbonyl (C=O) groups is 1. The van der Waals surface area contributed by atoms with E-state index in [-0.39, 0.29) is 11.8 Å². The van der Waals surface area contributed by atoms with Crippen LogP contribution in [-0.4, -0.2) is 28.6 Å². The van der Waals surface area contributed by atoms with Crippen LogP contribution in [0.15, 0.2) is 65.1 Å². The van der Waals surface area contributed by atoms with Gasteiger partial charge in [-0.05, 0) is 48.2 Å². The molecule has 1 fully saturated rings. The topological polar surface area (TPSA) is 37.6 Å². The van der Waals surface area contributed by atoms with Gasteiger partial charge in [-0.1, -0.05) is 24.3 Å². The van der Waals surface area contributed by atoms with Crippen molar-refractivity contribution in [2.45, 2.75) is 12.8 Å². The minimum absolute atomic E-state index is 0.165. The molecule has 1 aliphatic rings. The van der Waals surface area contributed by atoms with E-state index in [0.717, 1.165) is 42.7 Å². The lowest BCUT2D eigenvalue weighted by molar-refractivity contribution is 0.218. The van der Waals surface area contributed by atoms with Crippen LogP contribution in [0.4, 0.5) is 9.18 Å². The molecule has 6 heteroatoms. The molecule has 4 rings (SSSR count). The molecule has 2 heterocycles. The van der Waals surface area contributed by atoms with Gasteiger partial charge in [-0.2, -0.15) is 4.99 Å². The van der Waals surface area contributed by atoms with Crippen LogP contribution >= 0.6 is 11.3 Å². The van der Waals surface area contributed by atoms with Crippen LogP contribution in [0, 0.1) is 5.82 Å². The van der Waals surface area contributed by atoms with Gasteiger partial charge in [0.25, 0.3) is 0 Å². The maximum Gasteiger partial charge on any atom is 0.346 e. The number of benzene rings is 2. The first-order valence-corrected chi connectivity index (χ1v) is 9.45. The summed E-state index contributed by atoms with van der Waals surface area (Å²) >= 11 is 1.44. The molecule has 0 radical (unpaired) electrons. The van der Waals surface area contributed by atoms with Gasteiger partial charge in [0.2, 0.25) is 0 Å². The number of amides is 2. The summed E-state index contributed by atoms with van der Waals surface area (Å²) in [5, 5.41) is 1.92. The summed E-state index contributed by atoms with van der Waals surface area (Å²) in [4.78, 5) is 19.0. The molecule has 132 valence electrons. The van der Waals surface area contributed by atoms with Crippen molar-refractivity contribution in [3.05, 3.63) is 70.7 Å². The maximum atomic E-state index is 13.1. The Balaban J connectivity index is 1.61. The zero-order valence-corrected chi connectivity index (χ0v) is 15.0. The van der Waals surface area contributed by atoms with Gasteiger partial charge in [-0.15, -0.1) is 11.3 Å². The Labute approximate surface area is 154 Å². The lowest BCUT2D eigenvalue weighted by Crippen LogP contribution is -2.27. The lowest BCUT2D eigenvalue weighted by Gasteiger charge is -2.10. The third-order valence-corrected chi connectivity index (χ3v) is 5.24. The monoisotopic (exact) mass is 367 g/mol. The molecular weight excluding hydrogens is 349 g/mol. The van der Waals surface area contributed by atoms with Crippen molar-refractivity contribution < 1.29 is 9.18 Å². The average molecular weight is 367 g/mol. The summed E-state index contributed by atoms with van der Waals surface area (Å²) in [7, 11) is 0. The summed E-state index contributed by atoms with van der Waals surface area (Å²) < 4.78 is 15.0. The van der Waals surface area contributed by atoms with Crippen molar-refractivity contribution in [3.8, 4) is 16.8 Å². The minimum atomic E-state index is -0.242. The van der Waals surface area contributed by atoms with Crippen LogP contribution in [-0.2, 0) is 0 Å². The lowest BCUT2D eigenvalue weighted by atomic mass is 10.1. The Kier molecular flexibility index (Phi) is 4.67. The van der Waals surface area contributed by atoms with Crippen molar-refractivity contribution in [1.29, 1.82) is 0 Å². The fourth-order valence-corrected chi connectivity index (χ4v) is 3.78. The molecule has 0 spiro atoms. The van der Waals surface area contributed by atoms with Crippen LogP contribution in [0.2, 0.25) is 0 Å². The molecule has 2 amide bonds. The second-order valence-corrected chi connectivity index (χ2v) is 7.07. The Morgan fingerprint density at radius 3 is 2.23 bits per heavy atom. The van der Waals surface area contributed by atoms with Gasteiger partial charge in [-0.25, -0.2) is 9.18 Å². The van der Waals surface area contributed by atoms with Crippen LogP contribution in [0.5, 0.6) is 0 Å². The Hall–Kier alpha value is -2.73. The van der Waals surface area contributed by atoms with Crippen LogP contribution in [0.25, 0.3) is 16.8 Å². The number of nitrogens with zero attached hydrogens (tertiary/aromatic N) is 3. The molecule has 3 aromatic rings. The van der Waals surface area contributed by atoms with Crippen molar-refractivity contribution in [2.24, 2.45) is 4.99 Å². The fourth-order valence-electron chi connectivity index (χ4n) is 3.07. The summed E-state index contributed by atoms with van der Waals surface area (Å²) in [6.45, 7) is 1.58. The second kappa shape index (κ2) is 7.25. The van der Waals surface area contributed by atoms with E-state index >= 15 is 0 Å². The largest absolute Gasteiger partial charge is 0.346 e. The van der Waals surface area contributed by atoms with Gasteiger partial charge in [0, 0.05) is 30.4 Å². The molecule has 0 aliphatic carbocycles. The molecular formula is C20H18FN3OS. The first-order valence-electron chi connectivity index (χ1n) is 8.57. The molecule has 0 saturated carbocycles. The van der Waals surface area contributed by atoms with E-state index in [2.05, 4.69) is 4.99 Å². The fraction of sp³-hybridized carbons (Fsp3) is 0.200. The number of hydrogen-bond acceptors (Lipinski definition) is 2. The van der Waals surface area contributed by atoms with Crippen LogP contribution in [0.3, 0.4) is 0 Å². The van der Waals surface area contributed by atoms with Crippen molar-refractivity contribution in [1.82, 2.24) is 9.47 Å². The highest BCUT2D eigenvalue weighted by atomic mass is 32.1. The number of hydrogen-bond donors (Lipinski definition) is 0. The maximum absolute atomic E-state index is 13.1. The second-order valence-electron chi connectivity index (χ2n) is 6.20. The summed E-state index contributed by atoms with van der Waals surface area (Å²) in [5.41, 5.74) is 2.91. The molecule has 1 saturated heterocycles. The predicted molar refractivity (Wildman–Crippen MR) is 101 cm³/mol. The number of thiazole rings is 1. The third-order valence-electron chi connectivity index (χ3n) is 4.48. The number of halogens is 1. The molecule has 0 unspecified atom stereocenters. The molecule has 0 N–H and O–H groups in total. The predicted octanol–water partition coefficient (Wildman–Crippen LogP) is 4.46. The quantitative estimate of drug-likeness (QED) is 0.659. The summed E-state index contributed by atoms with van der Waals surface area (Å²) in [6.07, 6.45) is 4.01. The van der Waals surface area contributed by atoms with Crippen molar-refractivity contribution in [3.63, 3.8) is 0 Å². The van der Waals surface area contributed by atoms with Crippen LogP contribution in [0.1, 0.15) is 12.8 Å². The zero-order valence-electron chi connectivity index (χ0n) is 14.1. The molecule has 0 bridgehead atoms. The standard InChI is InChI=1S/C20H18FN3OS/c21-17-7-3-15(4-8-17)16-5-9-18(10-6-16)24-13-14-26-20(24)22-19(25)23-11-1-2-12-23/h3-10,13-14H,1-2,11-12H2. The van der Waals surface area contributed by atoms with E-state index in [1.165, 1.54) is 23.5 Å². The molecule has 1 aromatic heterocycles. The van der Waals surface area contributed by atoms with Crippen molar-refractivity contribution >= 4 is 17.4 Å². The van der Waals surface area contributed by atoms with Crippen LogP contribution < -0.4 is 4.80 Å². The average Bonchev–Trinajstić information content (AvgIpc) is 3.34. The zero-order chi connectivity index (χ0) is 17.9. The molecule has 1 aliphatic heterocycles. The van der Waals surface area contributed by atoms with E-state index in [0.29, 0.717) is 4.80 Å². The van der Waals surface area contributed by atoms with Gasteiger partial charge in [-0.3, -0.25) is 4.57 Å². The third kappa shape index (κ3) is 3.46. The number of urea groups is 1. The van der Waals surface area contributed by atoms with Gasteiger partial charge < -0.3 is 4.90 Å². The normalized spacial score (nSPS) is 14.8. The first kappa shape index (κ1) is 16.7.